The van der Waals surface area contributed by atoms with E-state index in [1.165, 1.54) is 0 Å². The highest BCUT2D eigenvalue weighted by Gasteiger charge is 2.66. The molecule has 0 spiro atoms. The van der Waals surface area contributed by atoms with Gasteiger partial charge in [-0.15, -0.1) is 0 Å². The molecular formula is C18H33O22P. The van der Waals surface area contributed by atoms with Gasteiger partial charge >= 0.3 is 25.7 Å². The molecule has 0 aromatic rings. The summed E-state index contributed by atoms with van der Waals surface area (Å²) in [7, 11) is -6.41. The van der Waals surface area contributed by atoms with Gasteiger partial charge in [-0.1, -0.05) is 0 Å². The molecule has 3 heterocycles. The number of aliphatic hydroxyl groups is 15. The molecule has 3 aliphatic rings. The minimum absolute atomic E-state index is 1.20. The Morgan fingerprint density at radius 2 is 0.707 bits per heavy atom. The normalized spacial score (nSPS) is 52.7. The quantitative estimate of drug-likeness (QED) is 0.0828. The molecule has 3 saturated heterocycles. The molecule has 15 N–H and O–H groups in total. The van der Waals surface area contributed by atoms with Crippen molar-refractivity contribution in [1.82, 2.24) is 0 Å². The van der Waals surface area contributed by atoms with Crippen molar-refractivity contribution in [2.24, 2.45) is 0 Å². The Morgan fingerprint density at radius 1 is 0.488 bits per heavy atom. The van der Waals surface area contributed by atoms with Gasteiger partial charge in [-0.2, -0.15) is 0 Å². The Morgan fingerprint density at radius 3 is 0.902 bits per heavy atom. The molecule has 242 valence electrons. The fourth-order valence-corrected chi connectivity index (χ4v) is 5.66. The van der Waals surface area contributed by atoms with Crippen LogP contribution in [0.5, 0.6) is 0 Å². The summed E-state index contributed by atoms with van der Waals surface area (Å²) in [5, 5.41) is 151. The summed E-state index contributed by atoms with van der Waals surface area (Å²) in [6.45, 7) is -3.61. The van der Waals surface area contributed by atoms with Crippen molar-refractivity contribution < 1.29 is 109 Å². The summed E-state index contributed by atoms with van der Waals surface area (Å²) < 4.78 is 41.9. The van der Waals surface area contributed by atoms with Gasteiger partial charge in [-0.3, -0.25) is 0 Å². The van der Waals surface area contributed by atoms with Gasteiger partial charge in [0.1, 0.15) is 54.9 Å². The number of phosphoric ester groups is 1. The van der Waals surface area contributed by atoms with Crippen molar-refractivity contribution in [3.8, 4) is 0 Å². The molecule has 41 heavy (non-hydrogen) atoms. The monoisotopic (exact) mass is 632 g/mol. The van der Waals surface area contributed by atoms with Gasteiger partial charge in [0.2, 0.25) is 0 Å². The molecular weight excluding hydrogens is 599 g/mol. The van der Waals surface area contributed by atoms with Gasteiger partial charge in [0.15, 0.2) is 18.3 Å². The molecule has 0 radical (unpaired) electrons. The molecule has 23 heteroatoms. The van der Waals surface area contributed by atoms with Crippen molar-refractivity contribution in [3.05, 3.63) is 0 Å². The zero-order valence-corrected chi connectivity index (χ0v) is 21.5. The van der Waals surface area contributed by atoms with E-state index in [4.69, 9.17) is 14.2 Å². The highest BCUT2D eigenvalue weighted by atomic mass is 31.2. The fraction of sp³-hybridized carbons (Fsp3) is 1.00. The molecule has 15 atom stereocenters. The summed E-state index contributed by atoms with van der Waals surface area (Å²) in [5.41, 5.74) is 0. The number of phosphoric acid groups is 1. The van der Waals surface area contributed by atoms with E-state index in [0.717, 1.165) is 0 Å². The SMILES string of the molecule is O=P(OC1(O)O[C@H](CO)[C@@H](O)[C@H](O)[C@H]1O)(OC1(O)O[C@H](CO)[C@@H](O)[C@H](O)[C@H]1O)OC1(O)O[C@H](CO)[C@@H](O)[C@H](O)[C@H]1O. The van der Waals surface area contributed by atoms with Crippen molar-refractivity contribution in [1.29, 1.82) is 0 Å². The summed E-state index contributed by atoms with van der Waals surface area (Å²) in [6.07, 6.45) is -28.3. The van der Waals surface area contributed by atoms with Crippen LogP contribution in [-0.2, 0) is 32.3 Å². The molecule has 3 fully saturated rings. The van der Waals surface area contributed by atoms with Crippen molar-refractivity contribution in [2.75, 3.05) is 19.8 Å². The van der Waals surface area contributed by atoms with E-state index in [1.54, 1.807) is 0 Å². The molecule has 3 aliphatic heterocycles. The first kappa shape index (κ1) is 34.9. The van der Waals surface area contributed by atoms with Crippen LogP contribution in [0.2, 0.25) is 0 Å². The molecule has 0 aromatic carbocycles. The lowest BCUT2D eigenvalue weighted by Gasteiger charge is -2.49. The van der Waals surface area contributed by atoms with E-state index in [9.17, 15) is 81.2 Å². The van der Waals surface area contributed by atoms with Crippen LogP contribution in [0.15, 0.2) is 0 Å². The number of hydrogen-bond acceptors (Lipinski definition) is 22. The first-order valence-corrected chi connectivity index (χ1v) is 13.2. The number of ether oxygens (including phenoxy) is 3. The van der Waals surface area contributed by atoms with E-state index in [0.29, 0.717) is 0 Å². The Labute approximate surface area is 228 Å². The summed E-state index contributed by atoms with van der Waals surface area (Å²) >= 11 is 0. The number of aliphatic hydroxyl groups excluding tert-OH is 12. The Balaban J connectivity index is 2.07. The minimum Gasteiger partial charge on any atom is -0.394 e. The highest BCUT2D eigenvalue weighted by molar-refractivity contribution is 7.48. The molecule has 0 bridgehead atoms. The van der Waals surface area contributed by atoms with Crippen LogP contribution < -0.4 is 0 Å². The largest absolute Gasteiger partial charge is 0.488 e. The Kier molecular flexibility index (Phi) is 10.6. The number of hydrogen-bond donors (Lipinski definition) is 15. The molecule has 22 nitrogen and oxygen atoms in total. The smallest absolute Gasteiger partial charge is 0.394 e. The molecule has 0 amide bonds. The standard InChI is InChI=1S/C18H33O22P/c19-1-4-7(22)10(25)13(28)16(31,35-4)38-41(34,39-17(32)14(29)11(26)8(23)5(2-20)36-17)40-18(33)15(30)12(27)9(24)6(3-21)37-18/h4-15,19-33H,1-3H2/t4-,5-,6-,7-,8-,9-,10+,11+,12+,13-,14-,15-,16?,17?,18?,41?/m1/s1. The molecule has 0 aliphatic carbocycles. The summed E-state index contributed by atoms with van der Waals surface area (Å²) in [5.74, 6) is -11.7. The van der Waals surface area contributed by atoms with E-state index in [2.05, 4.69) is 13.6 Å². The molecule has 0 aromatic heterocycles. The first-order valence-electron chi connectivity index (χ1n) is 11.7. The van der Waals surface area contributed by atoms with Crippen molar-refractivity contribution >= 4 is 7.82 Å². The van der Waals surface area contributed by atoms with Crippen LogP contribution >= 0.6 is 7.82 Å². The van der Waals surface area contributed by atoms with Gasteiger partial charge < -0.3 is 90.8 Å². The second-order valence-electron chi connectivity index (χ2n) is 9.41. The topological polar surface area (TPSA) is 376 Å². The third kappa shape index (κ3) is 6.45. The molecule has 0 saturated carbocycles. The van der Waals surface area contributed by atoms with Gasteiger partial charge in [0.05, 0.1) is 19.8 Å². The lowest BCUT2D eigenvalue weighted by atomic mass is 9.98. The fourth-order valence-electron chi connectivity index (χ4n) is 4.14. The highest BCUT2D eigenvalue weighted by Crippen LogP contribution is 2.60. The maximum atomic E-state index is 13.9. The first-order chi connectivity index (χ1) is 18.8. The third-order valence-corrected chi connectivity index (χ3v) is 7.97. The number of rotatable bonds is 9. The predicted molar refractivity (Wildman–Crippen MR) is 116 cm³/mol. The van der Waals surface area contributed by atoms with E-state index >= 15 is 0 Å². The average Bonchev–Trinajstić information content (AvgIpc) is 2.91. The third-order valence-electron chi connectivity index (χ3n) is 6.51. The van der Waals surface area contributed by atoms with Crippen LogP contribution in [0.1, 0.15) is 0 Å². The zero-order chi connectivity index (χ0) is 31.3. The predicted octanol–water partition coefficient (Wildman–Crippen LogP) is -9.50. The minimum atomic E-state index is -6.41. The zero-order valence-electron chi connectivity index (χ0n) is 20.6. The van der Waals surface area contributed by atoms with E-state index in [1.807, 2.05) is 0 Å². The van der Waals surface area contributed by atoms with Crippen LogP contribution in [0.25, 0.3) is 0 Å². The maximum Gasteiger partial charge on any atom is 0.488 e. The Bertz CT molecular complexity index is 824. The maximum absolute atomic E-state index is 13.9. The van der Waals surface area contributed by atoms with Crippen LogP contribution in [-0.4, -0.2) is 188 Å². The van der Waals surface area contributed by atoms with Crippen LogP contribution in [0, 0.1) is 0 Å². The van der Waals surface area contributed by atoms with Crippen LogP contribution in [0.3, 0.4) is 0 Å². The van der Waals surface area contributed by atoms with Gasteiger partial charge in [-0.05, 0) is 0 Å². The summed E-state index contributed by atoms with van der Waals surface area (Å²) in [4.78, 5) is 0. The van der Waals surface area contributed by atoms with Gasteiger partial charge in [0, 0.05) is 0 Å². The lowest BCUT2D eigenvalue weighted by Crippen LogP contribution is -2.68. The average molecular weight is 632 g/mol. The lowest BCUT2D eigenvalue weighted by molar-refractivity contribution is -0.460. The Hall–Kier alpha value is -0.610. The second-order valence-corrected chi connectivity index (χ2v) is 10.9. The van der Waals surface area contributed by atoms with Crippen molar-refractivity contribution in [2.45, 2.75) is 91.2 Å². The van der Waals surface area contributed by atoms with Gasteiger partial charge in [-0.25, -0.2) is 18.1 Å². The second kappa shape index (κ2) is 12.4. The van der Waals surface area contributed by atoms with Crippen molar-refractivity contribution in [3.63, 3.8) is 0 Å². The molecule has 3 unspecified atom stereocenters. The summed E-state index contributed by atoms with van der Waals surface area (Å²) in [6, 6.07) is 0. The molecule has 3 rings (SSSR count). The van der Waals surface area contributed by atoms with Crippen LogP contribution in [0.4, 0.5) is 0 Å². The van der Waals surface area contributed by atoms with E-state index in [-0.39, 0.29) is 0 Å². The van der Waals surface area contributed by atoms with E-state index < -0.39 is 119 Å². The van der Waals surface area contributed by atoms with Gasteiger partial charge in [0.25, 0.3) is 0 Å².